The number of carbonyl (C=O) groups excluding carboxylic acids is 1. The predicted molar refractivity (Wildman–Crippen MR) is 191 cm³/mol. The number of hydrogen-bond donors (Lipinski definition) is 3. The number of carboxylic acids is 1. The van der Waals surface area contributed by atoms with Crippen LogP contribution in [0.25, 0.3) is 11.3 Å². The molecule has 0 bridgehead atoms. The molecule has 2 aliphatic rings. The van der Waals surface area contributed by atoms with Crippen molar-refractivity contribution in [1.29, 1.82) is 0 Å². The molecule has 2 heterocycles. The van der Waals surface area contributed by atoms with E-state index in [1.54, 1.807) is 6.07 Å². The summed E-state index contributed by atoms with van der Waals surface area (Å²) in [7, 11) is -4.24. The molecule has 270 valence electrons. The Labute approximate surface area is 295 Å². The lowest BCUT2D eigenvalue weighted by molar-refractivity contribution is -0.0940. The molecule has 3 N–H and O–H groups in total. The molecule has 3 aromatic rings. The van der Waals surface area contributed by atoms with Crippen LogP contribution in [0.2, 0.25) is 0 Å². The van der Waals surface area contributed by atoms with Gasteiger partial charge in [-0.2, -0.15) is 4.98 Å². The summed E-state index contributed by atoms with van der Waals surface area (Å²) in [6, 6.07) is 12.8. The van der Waals surface area contributed by atoms with Gasteiger partial charge in [0.15, 0.2) is 0 Å². The number of ether oxygens (including phenoxy) is 2. The lowest BCUT2D eigenvalue weighted by atomic mass is 9.64. The number of sulfonamides is 1. The molecule has 1 unspecified atom stereocenters. The van der Waals surface area contributed by atoms with Crippen LogP contribution in [-0.2, 0) is 14.8 Å². The fourth-order valence-electron chi connectivity index (χ4n) is 6.83. The Bertz CT molecular complexity index is 1840. The molecule has 13 heteroatoms. The van der Waals surface area contributed by atoms with Gasteiger partial charge in [-0.25, -0.2) is 27.7 Å². The summed E-state index contributed by atoms with van der Waals surface area (Å²) in [5.41, 5.74) is 2.29. The van der Waals surface area contributed by atoms with Gasteiger partial charge in [0.05, 0.1) is 21.7 Å². The first kappa shape index (κ1) is 37.0. The number of aromatic carboxylic acids is 1. The van der Waals surface area contributed by atoms with E-state index in [9.17, 15) is 23.1 Å². The van der Waals surface area contributed by atoms with Crippen molar-refractivity contribution in [1.82, 2.24) is 20.2 Å². The number of hydrogen-bond acceptors (Lipinski definition) is 9. The molecule has 5 rings (SSSR count). The van der Waals surface area contributed by atoms with Crippen LogP contribution in [0.15, 0.2) is 53.4 Å². The maximum absolute atomic E-state index is 13.4. The van der Waals surface area contributed by atoms with E-state index in [1.807, 2.05) is 57.7 Å². The van der Waals surface area contributed by atoms with Crippen molar-refractivity contribution in [2.45, 2.75) is 109 Å². The van der Waals surface area contributed by atoms with Crippen LogP contribution in [0.1, 0.15) is 88.7 Å². The Kier molecular flexibility index (Phi) is 10.2. The van der Waals surface area contributed by atoms with E-state index in [2.05, 4.69) is 40.8 Å². The highest BCUT2D eigenvalue weighted by Gasteiger charge is 2.57. The van der Waals surface area contributed by atoms with Crippen molar-refractivity contribution in [2.75, 3.05) is 17.9 Å². The number of nitrogens with zero attached hydrogens (tertiary/aromatic N) is 3. The number of nitrogens with one attached hydrogen (secondary N) is 2. The monoisotopic (exact) mass is 707 g/mol. The van der Waals surface area contributed by atoms with E-state index in [1.165, 1.54) is 18.2 Å². The second kappa shape index (κ2) is 13.8. The lowest BCUT2D eigenvalue weighted by Gasteiger charge is -2.61. The van der Waals surface area contributed by atoms with Crippen LogP contribution >= 0.6 is 0 Å². The van der Waals surface area contributed by atoms with Crippen LogP contribution in [0.5, 0.6) is 5.88 Å². The number of benzene rings is 2. The van der Waals surface area contributed by atoms with E-state index in [0.29, 0.717) is 12.2 Å². The fourth-order valence-corrected chi connectivity index (χ4v) is 7.82. The summed E-state index contributed by atoms with van der Waals surface area (Å²) in [6.45, 7) is 17.0. The Hall–Kier alpha value is -4.23. The number of carbonyl (C=O) groups is 2. The molecule has 1 amide bonds. The normalized spacial score (nSPS) is 19.7. The van der Waals surface area contributed by atoms with Gasteiger partial charge in [-0.1, -0.05) is 45.0 Å². The molecule has 1 saturated heterocycles. The van der Waals surface area contributed by atoms with E-state index in [-0.39, 0.29) is 58.0 Å². The molecule has 1 aliphatic heterocycles. The topological polar surface area (TPSA) is 160 Å². The van der Waals surface area contributed by atoms with Crippen LogP contribution < -0.4 is 14.8 Å². The highest BCUT2D eigenvalue weighted by molar-refractivity contribution is 7.92. The van der Waals surface area contributed by atoms with Crippen LogP contribution in [0.4, 0.5) is 10.7 Å². The van der Waals surface area contributed by atoms with Crippen molar-refractivity contribution in [3.05, 3.63) is 65.2 Å². The van der Waals surface area contributed by atoms with Crippen molar-refractivity contribution in [2.24, 2.45) is 5.41 Å². The minimum Gasteiger partial charge on any atom is -0.478 e. The summed E-state index contributed by atoms with van der Waals surface area (Å²) < 4.78 is 41.2. The van der Waals surface area contributed by atoms with Crippen LogP contribution in [0.3, 0.4) is 0 Å². The quantitative estimate of drug-likeness (QED) is 0.199. The van der Waals surface area contributed by atoms with E-state index in [4.69, 9.17) is 9.47 Å². The average molecular weight is 708 g/mol. The van der Waals surface area contributed by atoms with E-state index >= 15 is 0 Å². The van der Waals surface area contributed by atoms with Crippen molar-refractivity contribution < 1.29 is 32.6 Å². The maximum atomic E-state index is 13.4. The third kappa shape index (κ3) is 8.73. The van der Waals surface area contributed by atoms with Crippen molar-refractivity contribution >= 4 is 28.0 Å². The molecule has 50 heavy (non-hydrogen) atoms. The fraction of sp³-hybridized carbons (Fsp3) is 0.514. The third-order valence-electron chi connectivity index (χ3n) is 9.06. The van der Waals surface area contributed by atoms with Gasteiger partial charge in [0.1, 0.15) is 12.2 Å². The number of carboxylic acid groups (broad SMARTS) is 1. The molecule has 1 aromatic heterocycles. The standard InChI is InChI=1S/C37H49N5O7S/c1-23-11-9-12-24(2)31(23)29-18-30(40-33(39-29)41-50(46,47)28-14-10-13-25(17-28)32(43)44)48-22-27(19-35(3,4)5)38-26-20-37(21-26)15-16-42(37)34(45)49-36(6,7)8/h9-14,17-18,26-27,38H,15-16,19-22H2,1-8H3,(H,43,44)(H,39,40,41). The zero-order chi connectivity index (χ0) is 36.6. The van der Waals surface area contributed by atoms with E-state index < -0.39 is 21.6 Å². The number of aromatic nitrogens is 2. The largest absolute Gasteiger partial charge is 0.478 e. The molecule has 2 fully saturated rings. The highest BCUT2D eigenvalue weighted by Crippen LogP contribution is 2.48. The highest BCUT2D eigenvalue weighted by atomic mass is 32.2. The van der Waals surface area contributed by atoms with Gasteiger partial charge in [-0.05, 0) is 95.0 Å². The second-order valence-electron chi connectivity index (χ2n) is 15.8. The zero-order valence-electron chi connectivity index (χ0n) is 30.2. The van der Waals surface area contributed by atoms with Crippen LogP contribution in [0, 0.1) is 19.3 Å². The number of aryl methyl sites for hydroxylation is 2. The molecule has 12 nitrogen and oxygen atoms in total. The first-order chi connectivity index (χ1) is 23.2. The molecule has 0 radical (unpaired) electrons. The maximum Gasteiger partial charge on any atom is 0.410 e. The van der Waals surface area contributed by atoms with Gasteiger partial charge in [-0.15, -0.1) is 0 Å². The molecule has 1 saturated carbocycles. The van der Waals surface area contributed by atoms with Gasteiger partial charge in [0, 0.05) is 30.3 Å². The molecule has 2 aromatic carbocycles. The summed E-state index contributed by atoms with van der Waals surface area (Å²) in [5.74, 6) is -1.25. The summed E-state index contributed by atoms with van der Waals surface area (Å²) >= 11 is 0. The minimum absolute atomic E-state index is 0.0259. The smallest absolute Gasteiger partial charge is 0.410 e. The Morgan fingerprint density at radius 3 is 2.26 bits per heavy atom. The van der Waals surface area contributed by atoms with Crippen molar-refractivity contribution in [3.8, 4) is 17.1 Å². The van der Waals surface area contributed by atoms with Gasteiger partial charge in [0.25, 0.3) is 10.0 Å². The SMILES string of the molecule is Cc1cccc(C)c1-c1cc(OCC(CC(C)(C)C)NC2CC3(CCN3C(=O)OC(C)(C)C)C2)nc(NS(=O)(=O)c2cccc(C(=O)O)c2)n1. The zero-order valence-corrected chi connectivity index (χ0v) is 31.0. The molecule has 1 aliphatic carbocycles. The summed E-state index contributed by atoms with van der Waals surface area (Å²) in [5, 5.41) is 13.2. The molecular formula is C37H49N5O7S. The number of likely N-dealkylation sites (tertiary alicyclic amines) is 1. The molecule has 1 spiro atoms. The first-order valence-electron chi connectivity index (χ1n) is 16.9. The van der Waals surface area contributed by atoms with Crippen molar-refractivity contribution in [3.63, 3.8) is 0 Å². The predicted octanol–water partition coefficient (Wildman–Crippen LogP) is 6.57. The Morgan fingerprint density at radius 2 is 1.68 bits per heavy atom. The van der Waals surface area contributed by atoms with Crippen LogP contribution in [-0.4, -0.2) is 76.8 Å². The molecule has 1 atom stereocenters. The Morgan fingerprint density at radius 1 is 1.02 bits per heavy atom. The van der Waals surface area contributed by atoms with E-state index in [0.717, 1.165) is 48.4 Å². The van der Waals surface area contributed by atoms with Gasteiger partial charge >= 0.3 is 12.1 Å². The number of anilines is 1. The van der Waals surface area contributed by atoms with Gasteiger partial charge in [-0.3, -0.25) is 0 Å². The average Bonchev–Trinajstić information content (AvgIpc) is 2.94. The van der Waals surface area contributed by atoms with Gasteiger partial charge in [0.2, 0.25) is 11.8 Å². The minimum atomic E-state index is -4.24. The first-order valence-corrected chi connectivity index (χ1v) is 18.4. The Balaban J connectivity index is 1.36. The second-order valence-corrected chi connectivity index (χ2v) is 17.5. The lowest BCUT2D eigenvalue weighted by Crippen LogP contribution is -2.72. The number of rotatable bonds is 11. The van der Waals surface area contributed by atoms with Gasteiger partial charge < -0.3 is 24.8 Å². The third-order valence-corrected chi connectivity index (χ3v) is 10.4. The summed E-state index contributed by atoms with van der Waals surface area (Å²) in [4.78, 5) is 35.0. The molecular weight excluding hydrogens is 659 g/mol. The summed E-state index contributed by atoms with van der Waals surface area (Å²) in [6.07, 6.45) is 3.13. The number of amides is 1.